The van der Waals surface area contributed by atoms with Crippen LogP contribution in [0.2, 0.25) is 0 Å². The third-order valence-corrected chi connectivity index (χ3v) is 2.99. The average Bonchev–Trinajstić information content (AvgIpc) is 2.41. The van der Waals surface area contributed by atoms with E-state index in [2.05, 4.69) is 29.4 Å². The van der Waals surface area contributed by atoms with Gasteiger partial charge in [-0.25, -0.2) is 0 Å². The highest BCUT2D eigenvalue weighted by Crippen LogP contribution is 2.22. The number of aryl methyl sites for hydroxylation is 1. The largest absolute Gasteiger partial charge is 0.497 e. The Labute approximate surface area is 108 Å². The Morgan fingerprint density at radius 1 is 1.17 bits per heavy atom. The van der Waals surface area contributed by atoms with Gasteiger partial charge in [0, 0.05) is 12.2 Å². The molecule has 1 heterocycles. The lowest BCUT2D eigenvalue weighted by molar-refractivity contribution is 0.414. The summed E-state index contributed by atoms with van der Waals surface area (Å²) in [5.74, 6) is 0.878. The number of pyridine rings is 1. The minimum absolute atomic E-state index is 0.235. The fourth-order valence-corrected chi connectivity index (χ4v) is 1.85. The molecule has 2 rings (SSSR count). The Morgan fingerprint density at radius 3 is 2.50 bits per heavy atom. The van der Waals surface area contributed by atoms with E-state index in [1.54, 1.807) is 13.3 Å². The molecule has 0 fully saturated rings. The Hall–Kier alpha value is -2.03. The van der Waals surface area contributed by atoms with Crippen molar-refractivity contribution in [2.45, 2.75) is 19.9 Å². The van der Waals surface area contributed by atoms with Gasteiger partial charge < -0.3 is 10.1 Å². The van der Waals surface area contributed by atoms with Gasteiger partial charge in [-0.3, -0.25) is 4.98 Å². The molecule has 1 atom stereocenters. The van der Waals surface area contributed by atoms with E-state index < -0.39 is 0 Å². The predicted molar refractivity (Wildman–Crippen MR) is 74.0 cm³/mol. The van der Waals surface area contributed by atoms with Crippen molar-refractivity contribution in [3.8, 4) is 5.75 Å². The Balaban J connectivity index is 2.11. The van der Waals surface area contributed by atoms with Crippen LogP contribution in [0.1, 0.15) is 24.2 Å². The van der Waals surface area contributed by atoms with Crippen molar-refractivity contribution in [1.82, 2.24) is 4.98 Å². The molecule has 1 unspecified atom stereocenters. The molecule has 3 nitrogen and oxygen atoms in total. The van der Waals surface area contributed by atoms with E-state index in [9.17, 15) is 0 Å². The molecule has 1 aromatic heterocycles. The highest BCUT2D eigenvalue weighted by Gasteiger charge is 2.07. The Kier molecular flexibility index (Phi) is 3.82. The molecule has 0 saturated carbocycles. The van der Waals surface area contributed by atoms with Gasteiger partial charge in [-0.1, -0.05) is 12.1 Å². The van der Waals surface area contributed by atoms with Gasteiger partial charge in [0.05, 0.1) is 18.5 Å². The van der Waals surface area contributed by atoms with Crippen LogP contribution in [0.5, 0.6) is 5.75 Å². The second kappa shape index (κ2) is 5.54. The standard InChI is InChI=1S/C15H18N2O/c1-11(13-6-8-14(18-3)9-7-13)17-15-5-4-10-16-12(15)2/h4-11,17H,1-3H3. The van der Waals surface area contributed by atoms with Crippen LogP contribution in [-0.2, 0) is 0 Å². The van der Waals surface area contributed by atoms with E-state index >= 15 is 0 Å². The first kappa shape index (κ1) is 12.4. The number of benzene rings is 1. The molecule has 1 aromatic carbocycles. The van der Waals surface area contributed by atoms with Crippen LogP contribution in [0.15, 0.2) is 42.6 Å². The summed E-state index contributed by atoms with van der Waals surface area (Å²) in [5.41, 5.74) is 3.30. The van der Waals surface area contributed by atoms with Gasteiger partial charge >= 0.3 is 0 Å². The molecule has 94 valence electrons. The van der Waals surface area contributed by atoms with E-state index in [0.29, 0.717) is 0 Å². The number of nitrogens with zero attached hydrogens (tertiary/aromatic N) is 1. The molecule has 18 heavy (non-hydrogen) atoms. The number of aromatic nitrogens is 1. The number of nitrogens with one attached hydrogen (secondary N) is 1. The lowest BCUT2D eigenvalue weighted by Gasteiger charge is -2.17. The third-order valence-electron chi connectivity index (χ3n) is 2.99. The zero-order chi connectivity index (χ0) is 13.0. The number of rotatable bonds is 4. The normalized spacial score (nSPS) is 11.9. The van der Waals surface area contributed by atoms with E-state index in [-0.39, 0.29) is 6.04 Å². The summed E-state index contributed by atoms with van der Waals surface area (Å²) in [6, 6.07) is 12.3. The quantitative estimate of drug-likeness (QED) is 0.890. The molecule has 0 aliphatic heterocycles. The summed E-state index contributed by atoms with van der Waals surface area (Å²) in [6.07, 6.45) is 1.80. The lowest BCUT2D eigenvalue weighted by atomic mass is 10.1. The van der Waals surface area contributed by atoms with Crippen molar-refractivity contribution in [2.75, 3.05) is 12.4 Å². The zero-order valence-electron chi connectivity index (χ0n) is 11.0. The van der Waals surface area contributed by atoms with Crippen molar-refractivity contribution in [3.63, 3.8) is 0 Å². The van der Waals surface area contributed by atoms with Crippen molar-refractivity contribution in [3.05, 3.63) is 53.9 Å². The van der Waals surface area contributed by atoms with Crippen LogP contribution >= 0.6 is 0 Å². The first-order chi connectivity index (χ1) is 8.70. The lowest BCUT2D eigenvalue weighted by Crippen LogP contribution is -2.08. The van der Waals surface area contributed by atoms with Gasteiger partial charge in [-0.15, -0.1) is 0 Å². The maximum absolute atomic E-state index is 5.16. The van der Waals surface area contributed by atoms with Crippen molar-refractivity contribution < 1.29 is 4.74 Å². The highest BCUT2D eigenvalue weighted by atomic mass is 16.5. The first-order valence-electron chi connectivity index (χ1n) is 6.03. The second-order valence-corrected chi connectivity index (χ2v) is 4.28. The predicted octanol–water partition coefficient (Wildman–Crippen LogP) is 3.57. The molecular weight excluding hydrogens is 224 g/mol. The number of anilines is 1. The summed E-state index contributed by atoms with van der Waals surface area (Å²) in [6.45, 7) is 4.14. The zero-order valence-corrected chi connectivity index (χ0v) is 11.0. The van der Waals surface area contributed by atoms with Crippen LogP contribution in [-0.4, -0.2) is 12.1 Å². The van der Waals surface area contributed by atoms with E-state index in [1.165, 1.54) is 5.56 Å². The molecule has 0 spiro atoms. The number of methoxy groups -OCH3 is 1. The SMILES string of the molecule is COc1ccc(C(C)Nc2cccnc2C)cc1. The molecule has 0 bridgehead atoms. The topological polar surface area (TPSA) is 34.1 Å². The molecule has 2 aromatic rings. The van der Waals surface area contributed by atoms with Crippen LogP contribution in [0.3, 0.4) is 0 Å². The van der Waals surface area contributed by atoms with Crippen molar-refractivity contribution >= 4 is 5.69 Å². The molecule has 0 aliphatic rings. The van der Waals surface area contributed by atoms with Crippen LogP contribution in [0.25, 0.3) is 0 Å². The highest BCUT2D eigenvalue weighted by molar-refractivity contribution is 5.48. The van der Waals surface area contributed by atoms with Gasteiger partial charge in [-0.2, -0.15) is 0 Å². The number of ether oxygens (including phenoxy) is 1. The van der Waals surface area contributed by atoms with Gasteiger partial charge in [0.15, 0.2) is 0 Å². The molecule has 0 aliphatic carbocycles. The minimum atomic E-state index is 0.235. The molecule has 0 amide bonds. The Bertz CT molecular complexity index is 508. The molecule has 3 heteroatoms. The van der Waals surface area contributed by atoms with Gasteiger partial charge in [0.1, 0.15) is 5.75 Å². The molecular formula is C15H18N2O. The van der Waals surface area contributed by atoms with Crippen molar-refractivity contribution in [1.29, 1.82) is 0 Å². The third kappa shape index (κ3) is 2.80. The molecule has 0 saturated heterocycles. The summed E-state index contributed by atoms with van der Waals surface area (Å²) >= 11 is 0. The van der Waals surface area contributed by atoms with E-state index in [0.717, 1.165) is 17.1 Å². The van der Waals surface area contributed by atoms with Crippen LogP contribution in [0.4, 0.5) is 5.69 Å². The smallest absolute Gasteiger partial charge is 0.118 e. The summed E-state index contributed by atoms with van der Waals surface area (Å²) in [7, 11) is 1.68. The monoisotopic (exact) mass is 242 g/mol. The van der Waals surface area contributed by atoms with Gasteiger partial charge in [-0.05, 0) is 43.7 Å². The van der Waals surface area contributed by atoms with Crippen LogP contribution < -0.4 is 10.1 Å². The summed E-state index contributed by atoms with van der Waals surface area (Å²) < 4.78 is 5.16. The van der Waals surface area contributed by atoms with Crippen LogP contribution in [0, 0.1) is 6.92 Å². The fraction of sp³-hybridized carbons (Fsp3) is 0.267. The maximum atomic E-state index is 5.16. The number of hydrogen-bond acceptors (Lipinski definition) is 3. The summed E-state index contributed by atoms with van der Waals surface area (Å²) in [4.78, 5) is 4.27. The summed E-state index contributed by atoms with van der Waals surface area (Å²) in [5, 5.41) is 3.46. The Morgan fingerprint density at radius 2 is 1.89 bits per heavy atom. The van der Waals surface area contributed by atoms with Gasteiger partial charge in [0.25, 0.3) is 0 Å². The maximum Gasteiger partial charge on any atom is 0.118 e. The fourth-order valence-electron chi connectivity index (χ4n) is 1.85. The number of hydrogen-bond donors (Lipinski definition) is 1. The van der Waals surface area contributed by atoms with E-state index in [1.807, 2.05) is 31.2 Å². The van der Waals surface area contributed by atoms with E-state index in [4.69, 9.17) is 4.74 Å². The van der Waals surface area contributed by atoms with Gasteiger partial charge in [0.2, 0.25) is 0 Å². The second-order valence-electron chi connectivity index (χ2n) is 4.28. The minimum Gasteiger partial charge on any atom is -0.497 e. The molecule has 0 radical (unpaired) electrons. The average molecular weight is 242 g/mol. The molecule has 1 N–H and O–H groups in total. The van der Waals surface area contributed by atoms with Crippen molar-refractivity contribution in [2.24, 2.45) is 0 Å². The first-order valence-corrected chi connectivity index (χ1v) is 6.03.